The summed E-state index contributed by atoms with van der Waals surface area (Å²) in [6, 6.07) is 11.4. The Morgan fingerprint density at radius 2 is 1.63 bits per heavy atom. The Morgan fingerprint density at radius 1 is 1.03 bits per heavy atom. The van der Waals surface area contributed by atoms with E-state index >= 15 is 0 Å². The van der Waals surface area contributed by atoms with Crippen LogP contribution in [0.1, 0.15) is 27.1 Å². The Hall–Kier alpha value is -4.34. The number of fused-ring (bicyclic) bond motifs is 5. The van der Waals surface area contributed by atoms with E-state index in [1.807, 2.05) is 12.2 Å². The Balaban J connectivity index is 1.52. The van der Waals surface area contributed by atoms with Gasteiger partial charge in [0.25, 0.3) is 23.4 Å². The van der Waals surface area contributed by atoms with Crippen LogP contribution in [0.25, 0.3) is 0 Å². The van der Waals surface area contributed by atoms with E-state index in [9.17, 15) is 29.3 Å². The number of nitrogens with zero attached hydrogens (tertiary/aromatic N) is 3. The molecule has 0 unspecified atom stereocenters. The number of carbonyl (C=O) groups excluding carboxylic acids is 4. The Morgan fingerprint density at radius 3 is 2.20 bits per heavy atom. The second-order valence-corrected chi connectivity index (χ2v) is 8.78. The van der Waals surface area contributed by atoms with Gasteiger partial charge >= 0.3 is 0 Å². The van der Waals surface area contributed by atoms with E-state index in [0.717, 1.165) is 16.1 Å². The number of Topliss-reactive ketones (excluding diaryl/α,β-unsaturated/α-hetero) is 1. The highest BCUT2D eigenvalue weighted by Gasteiger charge is 2.61. The molecule has 1 saturated heterocycles. The lowest BCUT2D eigenvalue weighted by atomic mass is 9.85. The summed E-state index contributed by atoms with van der Waals surface area (Å²) in [5, 5.41) is 13.1. The molecule has 0 aromatic heterocycles. The summed E-state index contributed by atoms with van der Waals surface area (Å²) >= 11 is 0. The number of rotatable bonds is 7. The average molecular weight is 475 g/mol. The lowest BCUT2D eigenvalue weighted by Gasteiger charge is -2.30. The second kappa shape index (κ2) is 8.46. The maximum atomic E-state index is 13.6. The molecule has 0 N–H and O–H groups in total. The molecule has 3 aliphatic rings. The fourth-order valence-electron chi connectivity index (χ4n) is 5.31. The van der Waals surface area contributed by atoms with E-state index in [1.54, 1.807) is 12.1 Å². The zero-order valence-corrected chi connectivity index (χ0v) is 18.7. The van der Waals surface area contributed by atoms with Crippen molar-refractivity contribution in [3.63, 3.8) is 0 Å². The van der Waals surface area contributed by atoms with E-state index in [-0.39, 0.29) is 23.0 Å². The number of nitro groups is 1. The maximum Gasteiger partial charge on any atom is 0.282 e. The monoisotopic (exact) mass is 475 g/mol. The van der Waals surface area contributed by atoms with Crippen LogP contribution in [0.4, 0.5) is 5.69 Å². The summed E-state index contributed by atoms with van der Waals surface area (Å²) in [6.07, 6.45) is 4.53. The number of para-hydroxylation sites is 1. The summed E-state index contributed by atoms with van der Waals surface area (Å²) in [4.78, 5) is 64.4. The van der Waals surface area contributed by atoms with Gasteiger partial charge < -0.3 is 4.74 Å². The van der Waals surface area contributed by atoms with Gasteiger partial charge in [0.1, 0.15) is 17.9 Å². The standard InChI is InChI=1S/C25H21N3O7/c1-35-17-10-8-14(9-11-17)20(29)13-26(23(30)18-4-2-3-5-19(18)28(33)34)27-24(31)21-15-6-7-16(12-15)22(21)25(27)32/h2-11,15-16,21-22H,12-13H2,1H3/t15-,16-,21-,22+/m0/s1. The minimum atomic E-state index is -0.971. The third-order valence-electron chi connectivity index (χ3n) is 6.96. The van der Waals surface area contributed by atoms with Gasteiger partial charge in [-0.15, -0.1) is 0 Å². The molecule has 0 radical (unpaired) electrons. The van der Waals surface area contributed by atoms with Crippen molar-refractivity contribution in [2.75, 3.05) is 13.7 Å². The van der Waals surface area contributed by atoms with Crippen LogP contribution < -0.4 is 4.74 Å². The van der Waals surface area contributed by atoms with Crippen molar-refractivity contribution in [3.8, 4) is 5.75 Å². The first kappa shape index (κ1) is 22.5. The molecule has 178 valence electrons. The van der Waals surface area contributed by atoms with Crippen molar-refractivity contribution in [1.82, 2.24) is 10.0 Å². The molecule has 1 aliphatic heterocycles. The number of benzene rings is 2. The molecular weight excluding hydrogens is 454 g/mol. The predicted octanol–water partition coefficient (Wildman–Crippen LogP) is 2.65. The summed E-state index contributed by atoms with van der Waals surface area (Å²) in [6.45, 7) is -0.642. The van der Waals surface area contributed by atoms with Crippen LogP contribution in [-0.2, 0) is 9.59 Å². The number of ether oxygens (including phenoxy) is 1. The van der Waals surface area contributed by atoms with Crippen LogP contribution in [0.5, 0.6) is 5.75 Å². The number of ketones is 1. The van der Waals surface area contributed by atoms with Crippen molar-refractivity contribution in [1.29, 1.82) is 0 Å². The smallest absolute Gasteiger partial charge is 0.282 e. The molecule has 5 rings (SSSR count). The van der Waals surface area contributed by atoms with Gasteiger partial charge in [-0.1, -0.05) is 24.3 Å². The van der Waals surface area contributed by atoms with Crippen molar-refractivity contribution >= 4 is 29.2 Å². The number of hydrogen-bond acceptors (Lipinski definition) is 7. The zero-order chi connectivity index (χ0) is 24.9. The molecule has 1 heterocycles. The predicted molar refractivity (Wildman–Crippen MR) is 121 cm³/mol. The minimum Gasteiger partial charge on any atom is -0.497 e. The van der Waals surface area contributed by atoms with Gasteiger partial charge in [-0.2, -0.15) is 5.01 Å². The molecule has 2 aliphatic carbocycles. The molecule has 3 amide bonds. The largest absolute Gasteiger partial charge is 0.497 e. The molecule has 1 saturated carbocycles. The summed E-state index contributed by atoms with van der Waals surface area (Å²) in [7, 11) is 1.48. The third-order valence-corrected chi connectivity index (χ3v) is 6.96. The van der Waals surface area contributed by atoms with Crippen LogP contribution in [0.3, 0.4) is 0 Å². The fourth-order valence-corrected chi connectivity index (χ4v) is 5.31. The normalized spacial score (nSPS) is 24.0. The molecule has 2 fully saturated rings. The Kier molecular flexibility index (Phi) is 5.43. The van der Waals surface area contributed by atoms with Crippen LogP contribution in [0.2, 0.25) is 0 Å². The van der Waals surface area contributed by atoms with E-state index in [2.05, 4.69) is 0 Å². The van der Waals surface area contributed by atoms with Crippen molar-refractivity contribution in [3.05, 3.63) is 81.9 Å². The number of nitro benzene ring substituents is 1. The summed E-state index contributed by atoms with van der Waals surface area (Å²) in [5.74, 6) is -3.53. The second-order valence-electron chi connectivity index (χ2n) is 8.78. The first-order valence-electron chi connectivity index (χ1n) is 11.1. The van der Waals surface area contributed by atoms with Gasteiger partial charge in [0.15, 0.2) is 5.78 Å². The molecule has 35 heavy (non-hydrogen) atoms. The quantitative estimate of drug-likeness (QED) is 0.198. The van der Waals surface area contributed by atoms with Crippen molar-refractivity contribution < 1.29 is 28.8 Å². The molecule has 2 aromatic rings. The highest BCUT2D eigenvalue weighted by Crippen LogP contribution is 2.52. The first-order valence-corrected chi connectivity index (χ1v) is 11.1. The van der Waals surface area contributed by atoms with Crippen LogP contribution in [0, 0.1) is 33.8 Å². The summed E-state index contributed by atoms with van der Waals surface area (Å²) in [5.41, 5.74) is -0.577. The van der Waals surface area contributed by atoms with Crippen LogP contribution in [0.15, 0.2) is 60.7 Å². The molecule has 4 atom stereocenters. The van der Waals surface area contributed by atoms with Gasteiger partial charge in [0.2, 0.25) is 0 Å². The van der Waals surface area contributed by atoms with Gasteiger partial charge in [0.05, 0.1) is 23.9 Å². The lowest BCUT2D eigenvalue weighted by molar-refractivity contribution is -0.385. The average Bonchev–Trinajstić information content (AvgIpc) is 3.56. The number of allylic oxidation sites excluding steroid dienone is 2. The molecular formula is C25H21N3O7. The highest BCUT2D eigenvalue weighted by atomic mass is 16.6. The van der Waals surface area contributed by atoms with E-state index < -0.39 is 52.5 Å². The molecule has 2 bridgehead atoms. The molecule has 0 spiro atoms. The number of methoxy groups -OCH3 is 1. The number of imide groups is 1. The topological polar surface area (TPSA) is 127 Å². The number of amides is 3. The molecule has 10 heteroatoms. The number of carbonyl (C=O) groups is 4. The van der Waals surface area contributed by atoms with E-state index in [0.29, 0.717) is 12.2 Å². The van der Waals surface area contributed by atoms with Gasteiger partial charge in [-0.3, -0.25) is 29.3 Å². The maximum absolute atomic E-state index is 13.6. The Bertz CT molecular complexity index is 1260. The molecule has 10 nitrogen and oxygen atoms in total. The summed E-state index contributed by atoms with van der Waals surface area (Å²) < 4.78 is 5.10. The van der Waals surface area contributed by atoms with Gasteiger partial charge in [-0.25, -0.2) is 5.01 Å². The zero-order valence-electron chi connectivity index (χ0n) is 18.7. The minimum absolute atomic E-state index is 0.105. The van der Waals surface area contributed by atoms with Crippen molar-refractivity contribution in [2.45, 2.75) is 6.42 Å². The fraction of sp³-hybridized carbons (Fsp3) is 0.280. The lowest BCUT2D eigenvalue weighted by Crippen LogP contribution is -2.52. The number of hydrazine groups is 1. The highest BCUT2D eigenvalue weighted by molar-refractivity contribution is 6.11. The van der Waals surface area contributed by atoms with E-state index in [1.165, 1.54) is 37.4 Å². The first-order chi connectivity index (χ1) is 16.8. The van der Waals surface area contributed by atoms with Crippen molar-refractivity contribution in [2.24, 2.45) is 23.7 Å². The van der Waals surface area contributed by atoms with Gasteiger partial charge in [0, 0.05) is 11.6 Å². The third kappa shape index (κ3) is 3.58. The van der Waals surface area contributed by atoms with Crippen LogP contribution in [-0.4, -0.2) is 52.1 Å². The van der Waals surface area contributed by atoms with Gasteiger partial charge in [-0.05, 0) is 48.6 Å². The molecule has 2 aromatic carbocycles. The number of hydrogen-bond donors (Lipinski definition) is 0. The SMILES string of the molecule is COc1ccc(C(=O)CN(C(=O)c2ccccc2[N+](=O)[O-])N2C(=O)[C@@H]3[C@H](C2=O)[C@H]2C=C[C@H]3C2)cc1. The van der Waals surface area contributed by atoms with E-state index in [4.69, 9.17) is 4.74 Å². The van der Waals surface area contributed by atoms with Crippen LogP contribution >= 0.6 is 0 Å². The Labute approximate surface area is 199 Å².